The highest BCUT2D eigenvalue weighted by Crippen LogP contribution is 2.36. The number of fused-ring (bicyclic) bond motifs is 1. The third-order valence-electron chi connectivity index (χ3n) is 4.46. The van der Waals surface area contributed by atoms with Crippen LogP contribution in [-0.4, -0.2) is 28.4 Å². The number of hydrogen-bond donors (Lipinski definition) is 0. The van der Waals surface area contributed by atoms with Gasteiger partial charge < -0.3 is 18.9 Å². The molecular weight excluding hydrogens is 330 g/mol. The van der Waals surface area contributed by atoms with Gasteiger partial charge in [-0.25, -0.2) is 4.57 Å². The maximum Gasteiger partial charge on any atom is 0.180 e. The van der Waals surface area contributed by atoms with Crippen LogP contribution in [0.4, 0.5) is 0 Å². The molecule has 0 saturated heterocycles. The molecule has 2 aromatic carbocycles. The zero-order chi connectivity index (χ0) is 18.7. The molecule has 0 amide bonds. The van der Waals surface area contributed by atoms with Gasteiger partial charge in [-0.2, -0.15) is 0 Å². The summed E-state index contributed by atoms with van der Waals surface area (Å²) in [6, 6.07) is 10.0. The normalized spacial score (nSPS) is 10.7. The van der Waals surface area contributed by atoms with Gasteiger partial charge in [-0.1, -0.05) is 6.07 Å². The molecule has 0 bridgehead atoms. The topological polar surface area (TPSA) is 40.8 Å². The highest BCUT2D eigenvalue weighted by Gasteiger charge is 2.16. The minimum absolute atomic E-state index is 0.725. The van der Waals surface area contributed by atoms with E-state index < -0.39 is 0 Å². The minimum Gasteiger partial charge on any atom is -0.493 e. The maximum absolute atomic E-state index is 5.60. The van der Waals surface area contributed by atoms with Crippen molar-refractivity contribution in [3.8, 4) is 23.0 Å². The van der Waals surface area contributed by atoms with E-state index in [1.165, 1.54) is 5.56 Å². The number of aryl methyl sites for hydroxylation is 1. The van der Waals surface area contributed by atoms with Crippen LogP contribution in [0.3, 0.4) is 0 Å². The highest BCUT2D eigenvalue weighted by atomic mass is 16.5. The van der Waals surface area contributed by atoms with Gasteiger partial charge in [0.25, 0.3) is 0 Å². The van der Waals surface area contributed by atoms with E-state index in [4.69, 9.17) is 18.9 Å². The van der Waals surface area contributed by atoms with Gasteiger partial charge in [0.2, 0.25) is 0 Å². The van der Waals surface area contributed by atoms with Crippen molar-refractivity contribution in [2.45, 2.75) is 6.42 Å². The molecule has 0 radical (unpaired) electrons. The van der Waals surface area contributed by atoms with E-state index >= 15 is 0 Å². The summed E-state index contributed by atoms with van der Waals surface area (Å²) in [5, 5.41) is 2.16. The van der Waals surface area contributed by atoms with Crippen LogP contribution in [-0.2, 0) is 13.5 Å². The van der Waals surface area contributed by atoms with E-state index in [-0.39, 0.29) is 0 Å². The van der Waals surface area contributed by atoms with Crippen molar-refractivity contribution in [2.24, 2.45) is 7.05 Å². The molecule has 0 aliphatic carbocycles. The molecule has 0 fully saturated rings. The summed E-state index contributed by atoms with van der Waals surface area (Å²) in [5.41, 5.74) is 2.34. The molecule has 0 aliphatic rings. The molecule has 3 rings (SSSR count). The summed E-state index contributed by atoms with van der Waals surface area (Å²) in [5.74, 6) is 2.93. The first-order valence-corrected chi connectivity index (χ1v) is 8.35. The molecule has 0 unspecified atom stereocenters. The van der Waals surface area contributed by atoms with Crippen molar-refractivity contribution in [1.29, 1.82) is 0 Å². The van der Waals surface area contributed by atoms with E-state index in [0.717, 1.165) is 45.8 Å². The first-order chi connectivity index (χ1) is 12.6. The molecule has 1 aromatic heterocycles. The molecule has 0 saturated carbocycles. The van der Waals surface area contributed by atoms with Gasteiger partial charge in [0, 0.05) is 17.4 Å². The number of rotatable bonds is 6. The molecule has 0 aliphatic heterocycles. The molecule has 0 N–H and O–H groups in total. The van der Waals surface area contributed by atoms with Gasteiger partial charge in [0.05, 0.1) is 33.8 Å². The van der Waals surface area contributed by atoms with Crippen LogP contribution in [0.25, 0.3) is 10.8 Å². The van der Waals surface area contributed by atoms with Crippen LogP contribution in [0.15, 0.2) is 42.7 Å². The van der Waals surface area contributed by atoms with Crippen LogP contribution in [0.5, 0.6) is 23.0 Å². The number of hydrogen-bond acceptors (Lipinski definition) is 4. The second kappa shape index (κ2) is 7.52. The molecule has 1 heterocycles. The third kappa shape index (κ3) is 3.25. The van der Waals surface area contributed by atoms with Crippen LogP contribution in [0.2, 0.25) is 0 Å². The van der Waals surface area contributed by atoms with E-state index in [9.17, 15) is 0 Å². The molecule has 5 heteroatoms. The van der Waals surface area contributed by atoms with Crippen molar-refractivity contribution in [1.82, 2.24) is 0 Å². The standard InChI is InChI=1S/C21H24NO4/c1-22-12-15(10-14-6-8-18(23-2)20(11-14)25-4)16-7-9-19(24-3)21(26-5)17(16)13-22/h6-9,11-13H,10H2,1-5H3/q+1. The summed E-state index contributed by atoms with van der Waals surface area (Å²) in [6.07, 6.45) is 4.95. The van der Waals surface area contributed by atoms with Crippen molar-refractivity contribution in [3.05, 3.63) is 53.9 Å². The monoisotopic (exact) mass is 354 g/mol. The molecule has 0 spiro atoms. The van der Waals surface area contributed by atoms with E-state index in [0.29, 0.717) is 0 Å². The van der Waals surface area contributed by atoms with Gasteiger partial charge in [-0.15, -0.1) is 0 Å². The van der Waals surface area contributed by atoms with Gasteiger partial charge >= 0.3 is 0 Å². The zero-order valence-corrected chi connectivity index (χ0v) is 15.8. The Balaban J connectivity index is 2.11. The Labute approximate surface area is 153 Å². The van der Waals surface area contributed by atoms with E-state index in [1.807, 2.05) is 29.8 Å². The molecule has 26 heavy (non-hydrogen) atoms. The van der Waals surface area contributed by atoms with Crippen LogP contribution in [0.1, 0.15) is 11.1 Å². The fourth-order valence-corrected chi connectivity index (χ4v) is 3.27. The van der Waals surface area contributed by atoms with Crippen LogP contribution >= 0.6 is 0 Å². The number of aromatic nitrogens is 1. The molecular formula is C21H24NO4+. The average Bonchev–Trinajstić information content (AvgIpc) is 2.66. The maximum atomic E-state index is 5.60. The largest absolute Gasteiger partial charge is 0.493 e. The summed E-state index contributed by atoms with van der Waals surface area (Å²) < 4.78 is 23.8. The predicted octanol–water partition coefficient (Wildman–Crippen LogP) is 3.29. The van der Waals surface area contributed by atoms with Crippen molar-refractivity contribution >= 4 is 10.8 Å². The average molecular weight is 354 g/mol. The SMILES string of the molecule is COc1ccc(Cc2c[n+](C)cc3c(OC)c(OC)ccc23)cc1OC. The Hall–Kier alpha value is -2.95. The van der Waals surface area contributed by atoms with Crippen molar-refractivity contribution in [2.75, 3.05) is 28.4 Å². The van der Waals surface area contributed by atoms with Gasteiger partial charge in [0.15, 0.2) is 35.4 Å². The predicted molar refractivity (Wildman–Crippen MR) is 101 cm³/mol. The highest BCUT2D eigenvalue weighted by molar-refractivity contribution is 5.92. The molecule has 5 nitrogen and oxygen atoms in total. The van der Waals surface area contributed by atoms with Crippen LogP contribution in [0, 0.1) is 0 Å². The number of nitrogens with zero attached hydrogens (tertiary/aromatic N) is 1. The fourth-order valence-electron chi connectivity index (χ4n) is 3.27. The lowest BCUT2D eigenvalue weighted by atomic mass is 9.99. The number of pyridine rings is 1. The van der Waals surface area contributed by atoms with Gasteiger partial charge in [-0.05, 0) is 29.8 Å². The Morgan fingerprint density at radius 2 is 1.42 bits per heavy atom. The number of methoxy groups -OCH3 is 4. The summed E-state index contributed by atoms with van der Waals surface area (Å²) in [6.45, 7) is 0. The third-order valence-corrected chi connectivity index (χ3v) is 4.46. The second-order valence-corrected chi connectivity index (χ2v) is 6.08. The fraction of sp³-hybridized carbons (Fsp3) is 0.286. The number of benzene rings is 2. The van der Waals surface area contributed by atoms with E-state index in [2.05, 4.69) is 24.5 Å². The minimum atomic E-state index is 0.725. The molecule has 136 valence electrons. The van der Waals surface area contributed by atoms with E-state index in [1.54, 1.807) is 28.4 Å². The molecule has 0 atom stereocenters. The Kier molecular flexibility index (Phi) is 5.16. The van der Waals surface area contributed by atoms with Crippen molar-refractivity contribution in [3.63, 3.8) is 0 Å². The summed E-state index contributed by atoms with van der Waals surface area (Å²) in [4.78, 5) is 0. The lowest BCUT2D eigenvalue weighted by Gasteiger charge is -2.13. The lowest BCUT2D eigenvalue weighted by Crippen LogP contribution is -2.27. The second-order valence-electron chi connectivity index (χ2n) is 6.08. The Morgan fingerprint density at radius 3 is 2.08 bits per heavy atom. The smallest absolute Gasteiger partial charge is 0.180 e. The first-order valence-electron chi connectivity index (χ1n) is 8.35. The first kappa shape index (κ1) is 17.9. The Bertz CT molecular complexity index is 937. The quantitative estimate of drug-likeness (QED) is 0.637. The summed E-state index contributed by atoms with van der Waals surface area (Å²) in [7, 11) is 8.62. The lowest BCUT2D eigenvalue weighted by molar-refractivity contribution is -0.670. The molecule has 3 aromatic rings. The summed E-state index contributed by atoms with van der Waals surface area (Å²) >= 11 is 0. The Morgan fingerprint density at radius 1 is 0.731 bits per heavy atom. The van der Waals surface area contributed by atoms with Gasteiger partial charge in [-0.3, -0.25) is 0 Å². The van der Waals surface area contributed by atoms with Crippen molar-refractivity contribution < 1.29 is 23.5 Å². The zero-order valence-electron chi connectivity index (χ0n) is 15.8. The van der Waals surface area contributed by atoms with Crippen LogP contribution < -0.4 is 23.5 Å². The number of ether oxygens (including phenoxy) is 4. The van der Waals surface area contributed by atoms with Gasteiger partial charge in [0.1, 0.15) is 7.05 Å².